The van der Waals surface area contributed by atoms with Crippen molar-refractivity contribution in [3.63, 3.8) is 0 Å². The normalized spacial score (nSPS) is 30.6. The second kappa shape index (κ2) is 9.86. The van der Waals surface area contributed by atoms with Gasteiger partial charge in [-0.05, 0) is 55.7 Å². The van der Waals surface area contributed by atoms with E-state index in [1.54, 1.807) is 17.0 Å². The summed E-state index contributed by atoms with van der Waals surface area (Å²) < 4.78 is 0. The van der Waals surface area contributed by atoms with Gasteiger partial charge in [0.1, 0.15) is 6.04 Å². The number of likely N-dealkylation sites (tertiary alicyclic amines) is 1. The zero-order valence-electron chi connectivity index (χ0n) is 21.7. The molecule has 4 atom stereocenters. The average molecular weight is 519 g/mol. The molecule has 1 aromatic rings. The second-order valence-corrected chi connectivity index (χ2v) is 12.3. The molecule has 1 saturated carbocycles. The highest BCUT2D eigenvalue weighted by molar-refractivity contribution is 6.30. The summed E-state index contributed by atoms with van der Waals surface area (Å²) in [6.07, 6.45) is 3.24. The van der Waals surface area contributed by atoms with Crippen molar-refractivity contribution in [1.29, 1.82) is 0 Å². The highest BCUT2D eigenvalue weighted by Gasteiger charge is 2.51. The molecular weight excluding hydrogens is 480 g/mol. The fraction of sp³-hybridized carbons (Fsp3) is 0.667. The van der Waals surface area contributed by atoms with E-state index in [4.69, 9.17) is 11.6 Å². The number of nitrogens with zero attached hydrogens (tertiary/aromatic N) is 1. The number of piperidine rings is 1. The Labute approximate surface area is 218 Å². The van der Waals surface area contributed by atoms with E-state index in [2.05, 4.69) is 16.0 Å². The lowest BCUT2D eigenvalue weighted by Crippen LogP contribution is -2.61. The van der Waals surface area contributed by atoms with Crippen LogP contribution in [0, 0.1) is 17.3 Å². The molecule has 9 heteroatoms. The zero-order chi connectivity index (χ0) is 26.3. The summed E-state index contributed by atoms with van der Waals surface area (Å²) in [5, 5.41) is 21.1. The van der Waals surface area contributed by atoms with Crippen LogP contribution in [0.25, 0.3) is 0 Å². The first-order valence-corrected chi connectivity index (χ1v) is 13.4. The average Bonchev–Trinajstić information content (AvgIpc) is 3.21. The van der Waals surface area contributed by atoms with E-state index >= 15 is 0 Å². The number of benzene rings is 1. The van der Waals surface area contributed by atoms with Gasteiger partial charge in [0.2, 0.25) is 11.8 Å². The number of aliphatic hydroxyl groups is 1. The summed E-state index contributed by atoms with van der Waals surface area (Å²) in [6.45, 7) is 9.18. The topological polar surface area (TPSA) is 111 Å². The quantitative estimate of drug-likeness (QED) is 0.479. The van der Waals surface area contributed by atoms with Gasteiger partial charge < -0.3 is 26.0 Å². The smallest absolute Gasteiger partial charge is 0.315 e. The van der Waals surface area contributed by atoms with E-state index in [-0.39, 0.29) is 35.2 Å². The van der Waals surface area contributed by atoms with Crippen LogP contribution in [-0.4, -0.2) is 59.1 Å². The van der Waals surface area contributed by atoms with Crippen molar-refractivity contribution < 1.29 is 19.5 Å². The SMILES string of the molecule is CC(C)C(NC(=O)[C@@H]1CCC2(CCNC(=O)N2)C1)C(=O)N1CCC(O)(c2ccc(Cl)cc2)C(C)(C)C1. The third-order valence-electron chi connectivity index (χ3n) is 8.56. The van der Waals surface area contributed by atoms with Crippen molar-refractivity contribution in [2.24, 2.45) is 17.3 Å². The van der Waals surface area contributed by atoms with Crippen LogP contribution >= 0.6 is 11.6 Å². The molecule has 0 bridgehead atoms. The van der Waals surface area contributed by atoms with Crippen molar-refractivity contribution >= 4 is 29.4 Å². The predicted molar refractivity (Wildman–Crippen MR) is 138 cm³/mol. The van der Waals surface area contributed by atoms with Crippen LogP contribution in [-0.2, 0) is 15.2 Å². The van der Waals surface area contributed by atoms with Gasteiger partial charge in [0, 0.05) is 41.5 Å². The van der Waals surface area contributed by atoms with Gasteiger partial charge in [0.25, 0.3) is 0 Å². The Kier molecular flexibility index (Phi) is 7.32. The monoisotopic (exact) mass is 518 g/mol. The van der Waals surface area contributed by atoms with Gasteiger partial charge in [-0.25, -0.2) is 4.79 Å². The molecule has 8 nitrogen and oxygen atoms in total. The molecular formula is C27H39ClN4O4. The summed E-state index contributed by atoms with van der Waals surface area (Å²) in [7, 11) is 0. The molecule has 3 unspecified atom stereocenters. The third kappa shape index (κ3) is 5.07. The van der Waals surface area contributed by atoms with E-state index in [0.717, 1.165) is 18.4 Å². The maximum absolute atomic E-state index is 13.7. The van der Waals surface area contributed by atoms with Crippen LogP contribution in [0.4, 0.5) is 4.79 Å². The lowest BCUT2D eigenvalue weighted by molar-refractivity contribution is -0.157. The van der Waals surface area contributed by atoms with Crippen LogP contribution in [0.3, 0.4) is 0 Å². The van der Waals surface area contributed by atoms with Crippen LogP contribution in [0.1, 0.15) is 65.4 Å². The molecule has 3 aliphatic rings. The van der Waals surface area contributed by atoms with Gasteiger partial charge in [-0.2, -0.15) is 0 Å². The summed E-state index contributed by atoms with van der Waals surface area (Å²) in [5.74, 6) is -0.561. The summed E-state index contributed by atoms with van der Waals surface area (Å²) in [5.41, 5.74) is -1.24. The molecule has 4 rings (SSSR count). The number of hydrogen-bond donors (Lipinski definition) is 4. The van der Waals surface area contributed by atoms with Crippen molar-refractivity contribution in [1.82, 2.24) is 20.9 Å². The standard InChI is InChI=1S/C27H39ClN4O4/c1-17(2)21(30-22(33)18-9-10-26(15-18)11-13-29-24(35)31-26)23(34)32-14-12-27(36,25(3,4)16-32)19-5-7-20(28)8-6-19/h5-8,17-18,21,36H,9-16H2,1-4H3,(H,30,33)(H2,29,31,35)/t18-,21?,26?,27?/m1/s1. The van der Waals surface area contributed by atoms with E-state index < -0.39 is 17.1 Å². The Hall–Kier alpha value is -2.32. The molecule has 3 fully saturated rings. The lowest BCUT2D eigenvalue weighted by Gasteiger charge is -2.51. The number of amides is 4. The van der Waals surface area contributed by atoms with Gasteiger partial charge in [0.15, 0.2) is 0 Å². The van der Waals surface area contributed by atoms with Crippen molar-refractivity contribution in [3.05, 3.63) is 34.9 Å². The van der Waals surface area contributed by atoms with Crippen molar-refractivity contribution in [3.8, 4) is 0 Å². The van der Waals surface area contributed by atoms with Crippen molar-refractivity contribution in [2.45, 2.75) is 77.0 Å². The summed E-state index contributed by atoms with van der Waals surface area (Å²) in [4.78, 5) is 40.5. The maximum atomic E-state index is 13.7. The number of rotatable bonds is 5. The van der Waals surface area contributed by atoms with E-state index in [1.807, 2.05) is 39.8 Å². The fourth-order valence-corrected chi connectivity index (χ4v) is 6.33. The van der Waals surface area contributed by atoms with E-state index in [0.29, 0.717) is 43.9 Å². The Morgan fingerprint density at radius 2 is 1.86 bits per heavy atom. The van der Waals surface area contributed by atoms with E-state index in [1.165, 1.54) is 0 Å². The molecule has 36 heavy (non-hydrogen) atoms. The minimum atomic E-state index is -1.09. The Balaban J connectivity index is 1.42. The summed E-state index contributed by atoms with van der Waals surface area (Å²) >= 11 is 6.04. The molecule has 4 amide bonds. The largest absolute Gasteiger partial charge is 0.384 e. The number of nitrogens with one attached hydrogen (secondary N) is 3. The molecule has 1 aliphatic carbocycles. The molecule has 1 spiro atoms. The number of carbonyl (C=O) groups excluding carboxylic acids is 3. The molecule has 198 valence electrons. The number of hydrogen-bond acceptors (Lipinski definition) is 4. The maximum Gasteiger partial charge on any atom is 0.315 e. The van der Waals surface area contributed by atoms with Crippen LogP contribution in [0.2, 0.25) is 5.02 Å². The zero-order valence-corrected chi connectivity index (χ0v) is 22.5. The third-order valence-corrected chi connectivity index (χ3v) is 8.81. The lowest BCUT2D eigenvalue weighted by atomic mass is 9.66. The highest BCUT2D eigenvalue weighted by atomic mass is 35.5. The molecule has 0 radical (unpaired) electrons. The van der Waals surface area contributed by atoms with Gasteiger partial charge >= 0.3 is 6.03 Å². The van der Waals surface area contributed by atoms with Crippen LogP contribution in [0.5, 0.6) is 0 Å². The Morgan fingerprint density at radius 1 is 1.17 bits per heavy atom. The summed E-state index contributed by atoms with van der Waals surface area (Å²) in [6, 6.07) is 6.41. The van der Waals surface area contributed by atoms with Crippen molar-refractivity contribution in [2.75, 3.05) is 19.6 Å². The molecule has 1 aromatic carbocycles. The molecule has 0 aromatic heterocycles. The number of urea groups is 1. The van der Waals surface area contributed by atoms with Gasteiger partial charge in [-0.3, -0.25) is 9.59 Å². The number of carbonyl (C=O) groups is 3. The first-order valence-electron chi connectivity index (χ1n) is 13.0. The Bertz CT molecular complexity index is 1010. The number of halogens is 1. The van der Waals surface area contributed by atoms with E-state index in [9.17, 15) is 19.5 Å². The minimum Gasteiger partial charge on any atom is -0.384 e. The molecule has 2 saturated heterocycles. The Morgan fingerprint density at radius 3 is 2.47 bits per heavy atom. The van der Waals surface area contributed by atoms with Gasteiger partial charge in [0.05, 0.1) is 5.60 Å². The predicted octanol–water partition coefficient (Wildman–Crippen LogP) is 3.17. The first kappa shape index (κ1) is 26.7. The fourth-order valence-electron chi connectivity index (χ4n) is 6.21. The van der Waals surface area contributed by atoms with Crippen LogP contribution in [0.15, 0.2) is 24.3 Å². The van der Waals surface area contributed by atoms with Crippen LogP contribution < -0.4 is 16.0 Å². The second-order valence-electron chi connectivity index (χ2n) is 11.8. The van der Waals surface area contributed by atoms with Gasteiger partial charge in [-0.15, -0.1) is 0 Å². The van der Waals surface area contributed by atoms with Gasteiger partial charge in [-0.1, -0.05) is 51.4 Å². The highest BCUT2D eigenvalue weighted by Crippen LogP contribution is 2.46. The minimum absolute atomic E-state index is 0.0874. The molecule has 2 heterocycles. The first-order chi connectivity index (χ1) is 16.9. The molecule has 4 N–H and O–H groups in total. The molecule has 2 aliphatic heterocycles.